The highest BCUT2D eigenvalue weighted by Gasteiger charge is 2.03. The summed E-state index contributed by atoms with van der Waals surface area (Å²) in [6, 6.07) is 4.37. The molecule has 2 rings (SSSR count). The largest absolute Gasteiger partial charge is 0.361 e. The number of rotatable bonds is 0. The van der Waals surface area contributed by atoms with Gasteiger partial charge in [-0.3, -0.25) is 0 Å². The highest BCUT2D eigenvalue weighted by atomic mass is 14.7. The SMILES string of the molecule is Cc1cc(C)c2[nH]ccc2c1C. The Hall–Kier alpha value is -1.24. The average molecular weight is 159 g/mol. The summed E-state index contributed by atoms with van der Waals surface area (Å²) >= 11 is 0. The Morgan fingerprint density at radius 2 is 1.83 bits per heavy atom. The molecule has 0 aliphatic rings. The van der Waals surface area contributed by atoms with Gasteiger partial charge in [0.15, 0.2) is 0 Å². The van der Waals surface area contributed by atoms with Crippen LogP contribution in [0, 0.1) is 20.8 Å². The van der Waals surface area contributed by atoms with Crippen LogP contribution in [0.1, 0.15) is 16.7 Å². The van der Waals surface area contributed by atoms with Crippen LogP contribution in [0.15, 0.2) is 18.3 Å². The lowest BCUT2D eigenvalue weighted by Crippen LogP contribution is -1.85. The van der Waals surface area contributed by atoms with E-state index in [1.807, 2.05) is 6.20 Å². The number of nitrogens with one attached hydrogen (secondary N) is 1. The molecule has 0 unspecified atom stereocenters. The van der Waals surface area contributed by atoms with Crippen molar-refractivity contribution in [1.29, 1.82) is 0 Å². The summed E-state index contributed by atoms with van der Waals surface area (Å²) in [5, 5.41) is 1.35. The number of hydrogen-bond acceptors (Lipinski definition) is 0. The highest BCUT2D eigenvalue weighted by molar-refractivity contribution is 5.86. The molecule has 1 aromatic heterocycles. The minimum atomic E-state index is 1.28. The van der Waals surface area contributed by atoms with Crippen LogP contribution in [0.4, 0.5) is 0 Å². The molecule has 0 amide bonds. The summed E-state index contributed by atoms with van der Waals surface area (Å²) in [7, 11) is 0. The minimum absolute atomic E-state index is 1.28. The summed E-state index contributed by atoms with van der Waals surface area (Å²) in [5.74, 6) is 0. The summed E-state index contributed by atoms with van der Waals surface area (Å²) in [6.07, 6.45) is 2.00. The van der Waals surface area contributed by atoms with Crippen LogP contribution >= 0.6 is 0 Å². The molecule has 62 valence electrons. The van der Waals surface area contributed by atoms with Crippen LogP contribution in [-0.4, -0.2) is 4.98 Å². The van der Waals surface area contributed by atoms with Gasteiger partial charge in [0.25, 0.3) is 0 Å². The van der Waals surface area contributed by atoms with E-state index in [2.05, 4.69) is 37.9 Å². The lowest BCUT2D eigenvalue weighted by atomic mass is 10.0. The van der Waals surface area contributed by atoms with Gasteiger partial charge >= 0.3 is 0 Å². The van der Waals surface area contributed by atoms with Gasteiger partial charge in [0, 0.05) is 17.1 Å². The van der Waals surface area contributed by atoms with Gasteiger partial charge in [0.2, 0.25) is 0 Å². The lowest BCUT2D eigenvalue weighted by Gasteiger charge is -2.04. The molecule has 0 radical (unpaired) electrons. The van der Waals surface area contributed by atoms with Crippen LogP contribution in [0.2, 0.25) is 0 Å². The maximum atomic E-state index is 3.26. The Kier molecular flexibility index (Phi) is 1.47. The third kappa shape index (κ3) is 0.860. The number of hydrogen-bond donors (Lipinski definition) is 1. The molecule has 12 heavy (non-hydrogen) atoms. The van der Waals surface area contributed by atoms with Gasteiger partial charge < -0.3 is 4.98 Å². The highest BCUT2D eigenvalue weighted by Crippen LogP contribution is 2.23. The number of H-pyrrole nitrogens is 1. The van der Waals surface area contributed by atoms with Gasteiger partial charge in [-0.1, -0.05) is 6.07 Å². The summed E-state index contributed by atoms with van der Waals surface area (Å²) in [6.45, 7) is 6.48. The van der Waals surface area contributed by atoms with Crippen LogP contribution in [0.25, 0.3) is 10.9 Å². The fraction of sp³-hybridized carbons (Fsp3) is 0.273. The zero-order valence-corrected chi connectivity index (χ0v) is 7.73. The molecule has 0 aliphatic heterocycles. The maximum absolute atomic E-state index is 3.26. The second kappa shape index (κ2) is 2.37. The van der Waals surface area contributed by atoms with Crippen molar-refractivity contribution < 1.29 is 0 Å². The van der Waals surface area contributed by atoms with Crippen molar-refractivity contribution in [1.82, 2.24) is 4.98 Å². The van der Waals surface area contributed by atoms with Crippen molar-refractivity contribution in [2.75, 3.05) is 0 Å². The van der Waals surface area contributed by atoms with Crippen LogP contribution < -0.4 is 0 Å². The molecule has 0 atom stereocenters. The molecule has 1 aromatic carbocycles. The van der Waals surface area contributed by atoms with E-state index in [4.69, 9.17) is 0 Å². The lowest BCUT2D eigenvalue weighted by molar-refractivity contribution is 1.33. The third-order valence-corrected chi connectivity index (χ3v) is 2.57. The standard InChI is InChI=1S/C11H13N/c1-7-6-8(2)11-10(9(7)3)4-5-12-11/h4-6,12H,1-3H3. The second-order valence-corrected chi connectivity index (χ2v) is 3.40. The molecule has 1 heteroatoms. The zero-order valence-electron chi connectivity index (χ0n) is 7.73. The molecule has 0 saturated heterocycles. The Bertz CT molecular complexity index is 424. The van der Waals surface area contributed by atoms with E-state index >= 15 is 0 Å². The van der Waals surface area contributed by atoms with Crippen molar-refractivity contribution in [3.8, 4) is 0 Å². The molecule has 0 spiro atoms. The van der Waals surface area contributed by atoms with E-state index < -0.39 is 0 Å². The van der Waals surface area contributed by atoms with E-state index in [9.17, 15) is 0 Å². The first-order valence-corrected chi connectivity index (χ1v) is 4.24. The fourth-order valence-corrected chi connectivity index (χ4v) is 1.73. The van der Waals surface area contributed by atoms with Crippen molar-refractivity contribution in [3.05, 3.63) is 35.0 Å². The average Bonchev–Trinajstić information content (AvgIpc) is 2.48. The van der Waals surface area contributed by atoms with E-state index in [0.717, 1.165) is 0 Å². The Labute approximate surface area is 72.4 Å². The van der Waals surface area contributed by atoms with Gasteiger partial charge in [-0.05, 0) is 43.5 Å². The van der Waals surface area contributed by atoms with Crippen molar-refractivity contribution in [2.24, 2.45) is 0 Å². The van der Waals surface area contributed by atoms with Gasteiger partial charge in [-0.15, -0.1) is 0 Å². The summed E-state index contributed by atoms with van der Waals surface area (Å²) < 4.78 is 0. The van der Waals surface area contributed by atoms with Crippen molar-refractivity contribution in [3.63, 3.8) is 0 Å². The molecule has 0 fully saturated rings. The van der Waals surface area contributed by atoms with E-state index in [1.165, 1.54) is 27.6 Å². The van der Waals surface area contributed by atoms with Crippen LogP contribution in [0.5, 0.6) is 0 Å². The molecule has 1 nitrogen and oxygen atoms in total. The first-order chi connectivity index (χ1) is 5.70. The Morgan fingerprint density at radius 1 is 1.08 bits per heavy atom. The third-order valence-electron chi connectivity index (χ3n) is 2.57. The molecular formula is C11H13N. The Morgan fingerprint density at radius 3 is 2.58 bits per heavy atom. The molecule has 0 saturated carbocycles. The van der Waals surface area contributed by atoms with E-state index in [0.29, 0.717) is 0 Å². The monoisotopic (exact) mass is 159 g/mol. The van der Waals surface area contributed by atoms with Crippen LogP contribution in [0.3, 0.4) is 0 Å². The normalized spacial score (nSPS) is 10.9. The molecule has 0 aliphatic carbocycles. The smallest absolute Gasteiger partial charge is 0.0486 e. The predicted octanol–water partition coefficient (Wildman–Crippen LogP) is 3.09. The summed E-state index contributed by atoms with van der Waals surface area (Å²) in [4.78, 5) is 3.26. The summed E-state index contributed by atoms with van der Waals surface area (Å²) in [5.41, 5.74) is 5.37. The molecule has 0 bridgehead atoms. The van der Waals surface area contributed by atoms with Crippen molar-refractivity contribution >= 4 is 10.9 Å². The molecule has 2 aromatic rings. The number of aromatic nitrogens is 1. The quantitative estimate of drug-likeness (QED) is 0.608. The molecular weight excluding hydrogens is 146 g/mol. The fourth-order valence-electron chi connectivity index (χ4n) is 1.73. The van der Waals surface area contributed by atoms with Crippen molar-refractivity contribution in [2.45, 2.75) is 20.8 Å². The van der Waals surface area contributed by atoms with Gasteiger partial charge in [-0.25, -0.2) is 0 Å². The first-order valence-electron chi connectivity index (χ1n) is 4.24. The van der Waals surface area contributed by atoms with Gasteiger partial charge in [-0.2, -0.15) is 0 Å². The van der Waals surface area contributed by atoms with Crippen LogP contribution in [-0.2, 0) is 0 Å². The topological polar surface area (TPSA) is 15.8 Å². The number of aryl methyl sites for hydroxylation is 3. The zero-order chi connectivity index (χ0) is 8.72. The second-order valence-electron chi connectivity index (χ2n) is 3.40. The van der Waals surface area contributed by atoms with E-state index in [-0.39, 0.29) is 0 Å². The van der Waals surface area contributed by atoms with Gasteiger partial charge in [0.1, 0.15) is 0 Å². The number of benzene rings is 1. The maximum Gasteiger partial charge on any atom is 0.0486 e. The predicted molar refractivity (Wildman–Crippen MR) is 52.5 cm³/mol. The minimum Gasteiger partial charge on any atom is -0.361 e. The number of aromatic amines is 1. The number of fused-ring (bicyclic) bond motifs is 1. The van der Waals surface area contributed by atoms with E-state index in [1.54, 1.807) is 0 Å². The first kappa shape index (κ1) is 7.41. The van der Waals surface area contributed by atoms with Gasteiger partial charge in [0.05, 0.1) is 0 Å². The Balaban J connectivity index is 2.97. The molecule has 1 N–H and O–H groups in total. The molecule has 1 heterocycles.